The summed E-state index contributed by atoms with van der Waals surface area (Å²) in [5, 5.41) is 0. The van der Waals surface area contributed by atoms with Gasteiger partial charge >= 0.3 is 0 Å². The molecule has 0 spiro atoms. The van der Waals surface area contributed by atoms with Gasteiger partial charge in [0.05, 0.1) is 6.54 Å². The molecule has 1 unspecified atom stereocenters. The standard InChI is InChI=1S/C21H24FN3O3/c1-24-10-2-3-17(24)13-28-20-9-8-19-18(23-20)12-25(21(26)14-27-19)11-15-4-6-16(22)7-5-15/h4-9,17H,2-3,10-14H2,1H3. The van der Waals surface area contributed by atoms with Gasteiger partial charge in [-0.05, 0) is 50.2 Å². The summed E-state index contributed by atoms with van der Waals surface area (Å²) in [4.78, 5) is 21.0. The predicted molar refractivity (Wildman–Crippen MR) is 102 cm³/mol. The van der Waals surface area contributed by atoms with Gasteiger partial charge in [-0.2, -0.15) is 0 Å². The van der Waals surface area contributed by atoms with E-state index in [2.05, 4.69) is 16.9 Å². The van der Waals surface area contributed by atoms with Gasteiger partial charge in [0.15, 0.2) is 6.61 Å². The average Bonchev–Trinajstić information content (AvgIpc) is 3.04. The third-order valence-corrected chi connectivity index (χ3v) is 5.33. The maximum atomic E-state index is 13.1. The van der Waals surface area contributed by atoms with E-state index >= 15 is 0 Å². The third kappa shape index (κ3) is 4.25. The SMILES string of the molecule is CN1CCCC1COc1ccc2c(n1)CN(Cc1ccc(F)cc1)C(=O)CO2. The molecule has 2 aliphatic rings. The molecule has 0 radical (unpaired) electrons. The van der Waals surface area contributed by atoms with Gasteiger partial charge in [-0.3, -0.25) is 4.79 Å². The highest BCUT2D eigenvalue weighted by molar-refractivity contribution is 5.78. The van der Waals surface area contributed by atoms with Gasteiger partial charge in [-0.25, -0.2) is 9.37 Å². The molecule has 28 heavy (non-hydrogen) atoms. The molecule has 0 N–H and O–H groups in total. The lowest BCUT2D eigenvalue weighted by atomic mass is 10.2. The fourth-order valence-corrected chi connectivity index (χ4v) is 3.62. The normalized spacial score (nSPS) is 19.9. The van der Waals surface area contributed by atoms with Crippen molar-refractivity contribution in [2.45, 2.75) is 32.0 Å². The first kappa shape index (κ1) is 18.7. The lowest BCUT2D eigenvalue weighted by molar-refractivity contribution is -0.133. The molecule has 4 rings (SSSR count). The first-order chi connectivity index (χ1) is 13.6. The zero-order valence-electron chi connectivity index (χ0n) is 15.9. The summed E-state index contributed by atoms with van der Waals surface area (Å²) >= 11 is 0. The molecule has 1 atom stereocenters. The van der Waals surface area contributed by atoms with Gasteiger partial charge in [0.1, 0.15) is 23.9 Å². The summed E-state index contributed by atoms with van der Waals surface area (Å²) in [6.45, 7) is 2.36. The maximum absolute atomic E-state index is 13.1. The maximum Gasteiger partial charge on any atom is 0.261 e. The molecule has 1 fully saturated rings. The number of fused-ring (bicyclic) bond motifs is 1. The van der Waals surface area contributed by atoms with E-state index in [4.69, 9.17) is 9.47 Å². The Balaban J connectivity index is 1.46. The molecule has 0 aliphatic carbocycles. The molecule has 3 heterocycles. The Morgan fingerprint density at radius 1 is 1.25 bits per heavy atom. The summed E-state index contributed by atoms with van der Waals surface area (Å²) in [5.41, 5.74) is 1.53. The van der Waals surface area contributed by atoms with Crippen molar-refractivity contribution in [2.75, 3.05) is 26.8 Å². The minimum atomic E-state index is -0.295. The number of nitrogens with zero attached hydrogens (tertiary/aromatic N) is 3. The molecule has 148 valence electrons. The average molecular weight is 385 g/mol. The Bertz CT molecular complexity index is 843. The third-order valence-electron chi connectivity index (χ3n) is 5.33. The van der Waals surface area contributed by atoms with Gasteiger partial charge in [0, 0.05) is 18.7 Å². The summed E-state index contributed by atoms with van der Waals surface area (Å²) in [5.74, 6) is 0.715. The second-order valence-corrected chi connectivity index (χ2v) is 7.35. The van der Waals surface area contributed by atoms with Crippen LogP contribution in [0.3, 0.4) is 0 Å². The number of ether oxygens (including phenoxy) is 2. The van der Waals surface area contributed by atoms with E-state index in [0.717, 1.165) is 18.5 Å². The Hall–Kier alpha value is -2.67. The van der Waals surface area contributed by atoms with Crippen LogP contribution in [0.1, 0.15) is 24.1 Å². The molecular formula is C21H24FN3O3. The van der Waals surface area contributed by atoms with Crippen LogP contribution in [-0.4, -0.2) is 53.5 Å². The fraction of sp³-hybridized carbons (Fsp3) is 0.429. The van der Waals surface area contributed by atoms with E-state index in [0.29, 0.717) is 43.1 Å². The summed E-state index contributed by atoms with van der Waals surface area (Å²) in [6.07, 6.45) is 2.32. The quantitative estimate of drug-likeness (QED) is 0.792. The fourth-order valence-electron chi connectivity index (χ4n) is 3.62. The number of pyridine rings is 1. The highest BCUT2D eigenvalue weighted by Crippen LogP contribution is 2.26. The molecule has 1 aromatic heterocycles. The Kier molecular flexibility index (Phi) is 5.43. The van der Waals surface area contributed by atoms with Crippen LogP contribution in [0.4, 0.5) is 4.39 Å². The van der Waals surface area contributed by atoms with Crippen molar-refractivity contribution < 1.29 is 18.7 Å². The molecule has 0 bridgehead atoms. The predicted octanol–water partition coefficient (Wildman–Crippen LogP) is 2.61. The van der Waals surface area contributed by atoms with Crippen LogP contribution in [0.25, 0.3) is 0 Å². The monoisotopic (exact) mass is 385 g/mol. The van der Waals surface area contributed by atoms with Crippen molar-refractivity contribution in [2.24, 2.45) is 0 Å². The van der Waals surface area contributed by atoms with Crippen LogP contribution in [-0.2, 0) is 17.9 Å². The number of likely N-dealkylation sites (tertiary alicyclic amines) is 1. The largest absolute Gasteiger partial charge is 0.482 e. The van der Waals surface area contributed by atoms with Crippen molar-refractivity contribution in [3.05, 3.63) is 53.5 Å². The molecular weight excluding hydrogens is 361 g/mol. The van der Waals surface area contributed by atoms with Crippen molar-refractivity contribution in [1.82, 2.24) is 14.8 Å². The number of hydrogen-bond acceptors (Lipinski definition) is 5. The number of halogens is 1. The summed E-state index contributed by atoms with van der Waals surface area (Å²) in [7, 11) is 2.11. The van der Waals surface area contributed by atoms with Crippen molar-refractivity contribution >= 4 is 5.91 Å². The van der Waals surface area contributed by atoms with E-state index in [1.807, 2.05) is 6.07 Å². The molecule has 7 heteroatoms. The molecule has 2 aliphatic heterocycles. The minimum absolute atomic E-state index is 0.0387. The summed E-state index contributed by atoms with van der Waals surface area (Å²) in [6, 6.07) is 10.2. The second kappa shape index (κ2) is 8.14. The zero-order valence-corrected chi connectivity index (χ0v) is 15.9. The molecule has 0 saturated carbocycles. The first-order valence-corrected chi connectivity index (χ1v) is 9.56. The molecule has 1 amide bonds. The number of rotatable bonds is 5. The van der Waals surface area contributed by atoms with E-state index < -0.39 is 0 Å². The molecule has 6 nitrogen and oxygen atoms in total. The van der Waals surface area contributed by atoms with E-state index in [1.54, 1.807) is 23.1 Å². The van der Waals surface area contributed by atoms with Crippen LogP contribution in [0.2, 0.25) is 0 Å². The lowest BCUT2D eigenvalue weighted by Gasteiger charge is -2.21. The second-order valence-electron chi connectivity index (χ2n) is 7.35. The lowest BCUT2D eigenvalue weighted by Crippen LogP contribution is -2.32. The zero-order chi connectivity index (χ0) is 19.5. The number of benzene rings is 1. The Morgan fingerprint density at radius 3 is 2.82 bits per heavy atom. The van der Waals surface area contributed by atoms with Gasteiger partial charge in [0.2, 0.25) is 5.88 Å². The van der Waals surface area contributed by atoms with Crippen LogP contribution >= 0.6 is 0 Å². The van der Waals surface area contributed by atoms with E-state index in [-0.39, 0.29) is 18.3 Å². The molecule has 1 aromatic carbocycles. The Morgan fingerprint density at radius 2 is 2.07 bits per heavy atom. The number of hydrogen-bond donors (Lipinski definition) is 0. The van der Waals surface area contributed by atoms with Crippen molar-refractivity contribution in [1.29, 1.82) is 0 Å². The van der Waals surface area contributed by atoms with Gasteiger partial charge in [-0.15, -0.1) is 0 Å². The first-order valence-electron chi connectivity index (χ1n) is 9.56. The minimum Gasteiger partial charge on any atom is -0.482 e. The Labute approximate surface area is 163 Å². The van der Waals surface area contributed by atoms with Crippen LogP contribution in [0, 0.1) is 5.82 Å². The molecule has 2 aromatic rings. The van der Waals surface area contributed by atoms with Crippen molar-refractivity contribution in [3.63, 3.8) is 0 Å². The highest BCUT2D eigenvalue weighted by Gasteiger charge is 2.24. The van der Waals surface area contributed by atoms with Gasteiger partial charge < -0.3 is 19.3 Å². The van der Waals surface area contributed by atoms with E-state index in [9.17, 15) is 9.18 Å². The van der Waals surface area contributed by atoms with E-state index in [1.165, 1.54) is 18.6 Å². The van der Waals surface area contributed by atoms with Crippen molar-refractivity contribution in [3.8, 4) is 11.6 Å². The van der Waals surface area contributed by atoms with Gasteiger partial charge in [-0.1, -0.05) is 12.1 Å². The smallest absolute Gasteiger partial charge is 0.261 e. The topological polar surface area (TPSA) is 54.9 Å². The summed E-state index contributed by atoms with van der Waals surface area (Å²) < 4.78 is 24.7. The van der Waals surface area contributed by atoms with Gasteiger partial charge in [0.25, 0.3) is 5.91 Å². The number of carbonyl (C=O) groups is 1. The van der Waals surface area contributed by atoms with Crippen LogP contribution in [0.5, 0.6) is 11.6 Å². The van der Waals surface area contributed by atoms with Crippen LogP contribution in [0.15, 0.2) is 36.4 Å². The highest BCUT2D eigenvalue weighted by atomic mass is 19.1. The molecule has 1 saturated heterocycles. The number of carbonyl (C=O) groups excluding carboxylic acids is 1. The number of amides is 1. The number of aromatic nitrogens is 1. The van der Waals surface area contributed by atoms with Crippen LogP contribution < -0.4 is 9.47 Å². The number of likely N-dealkylation sites (N-methyl/N-ethyl adjacent to an activating group) is 1.